The van der Waals surface area contributed by atoms with Crippen molar-refractivity contribution >= 4 is 39.1 Å². The summed E-state index contributed by atoms with van der Waals surface area (Å²) in [6, 6.07) is 3.54. The van der Waals surface area contributed by atoms with Gasteiger partial charge in [-0.1, -0.05) is 18.5 Å². The summed E-state index contributed by atoms with van der Waals surface area (Å²) in [4.78, 5) is 12.0. The monoisotopic (exact) mass is 368 g/mol. The van der Waals surface area contributed by atoms with Crippen LogP contribution in [0.1, 0.15) is 24.2 Å². The SMILES string of the molecule is CCNC1C(=O)Nc2cc(-n3cc(Cl)c(C)n3)c(Br)cc21. The summed E-state index contributed by atoms with van der Waals surface area (Å²) < 4.78 is 2.56. The van der Waals surface area contributed by atoms with Gasteiger partial charge in [0.1, 0.15) is 6.04 Å². The number of anilines is 1. The van der Waals surface area contributed by atoms with E-state index < -0.39 is 0 Å². The van der Waals surface area contributed by atoms with Crippen LogP contribution in [0.4, 0.5) is 5.69 Å². The van der Waals surface area contributed by atoms with Gasteiger partial charge in [0.2, 0.25) is 5.91 Å². The second kappa shape index (κ2) is 5.44. The van der Waals surface area contributed by atoms with Crippen molar-refractivity contribution in [3.8, 4) is 5.69 Å². The van der Waals surface area contributed by atoms with Gasteiger partial charge < -0.3 is 10.6 Å². The van der Waals surface area contributed by atoms with E-state index in [2.05, 4.69) is 31.7 Å². The van der Waals surface area contributed by atoms with E-state index in [1.807, 2.05) is 26.0 Å². The summed E-state index contributed by atoms with van der Waals surface area (Å²) in [5.41, 5.74) is 3.33. The number of halogens is 2. The third kappa shape index (κ3) is 2.47. The van der Waals surface area contributed by atoms with E-state index >= 15 is 0 Å². The van der Waals surface area contributed by atoms with Crippen LogP contribution in [0, 0.1) is 6.92 Å². The number of nitrogens with one attached hydrogen (secondary N) is 2. The number of amides is 1. The number of likely N-dealkylation sites (N-methyl/N-ethyl adjacent to an activating group) is 1. The highest BCUT2D eigenvalue weighted by molar-refractivity contribution is 9.10. The number of rotatable bonds is 3. The summed E-state index contributed by atoms with van der Waals surface area (Å²) in [7, 11) is 0. The Labute approximate surface area is 135 Å². The van der Waals surface area contributed by atoms with Gasteiger partial charge in [-0.2, -0.15) is 5.10 Å². The molecule has 5 nitrogen and oxygen atoms in total. The van der Waals surface area contributed by atoms with Gasteiger partial charge in [-0.05, 0) is 41.5 Å². The fourth-order valence-corrected chi connectivity index (χ4v) is 3.09. The van der Waals surface area contributed by atoms with Crippen LogP contribution in [-0.2, 0) is 4.79 Å². The van der Waals surface area contributed by atoms with Gasteiger partial charge in [-0.15, -0.1) is 0 Å². The molecule has 1 amide bonds. The van der Waals surface area contributed by atoms with Crippen LogP contribution < -0.4 is 10.6 Å². The van der Waals surface area contributed by atoms with Crippen LogP contribution in [0.15, 0.2) is 22.8 Å². The number of hydrogen-bond acceptors (Lipinski definition) is 3. The highest BCUT2D eigenvalue weighted by Gasteiger charge is 2.31. The van der Waals surface area contributed by atoms with Gasteiger partial charge in [0.15, 0.2) is 0 Å². The van der Waals surface area contributed by atoms with Crippen molar-refractivity contribution in [2.24, 2.45) is 0 Å². The molecule has 1 aromatic heterocycles. The zero-order chi connectivity index (χ0) is 15.1. The van der Waals surface area contributed by atoms with Gasteiger partial charge in [0, 0.05) is 21.9 Å². The van der Waals surface area contributed by atoms with Gasteiger partial charge >= 0.3 is 0 Å². The lowest BCUT2D eigenvalue weighted by molar-refractivity contribution is -0.117. The van der Waals surface area contributed by atoms with Crippen LogP contribution in [-0.4, -0.2) is 22.2 Å². The van der Waals surface area contributed by atoms with E-state index in [1.165, 1.54) is 0 Å². The minimum absolute atomic E-state index is 0.0365. The predicted octanol–water partition coefficient (Wildman–Crippen LogP) is 3.20. The highest BCUT2D eigenvalue weighted by Crippen LogP contribution is 2.37. The first-order valence-corrected chi connectivity index (χ1v) is 7.78. The summed E-state index contributed by atoms with van der Waals surface area (Å²) in [5.74, 6) is -0.0365. The molecule has 1 atom stereocenters. The number of fused-ring (bicyclic) bond motifs is 1. The number of hydrogen-bond donors (Lipinski definition) is 2. The van der Waals surface area contributed by atoms with Gasteiger partial charge in [0.25, 0.3) is 0 Å². The summed E-state index contributed by atoms with van der Waals surface area (Å²) in [6.45, 7) is 4.55. The van der Waals surface area contributed by atoms with Crippen molar-refractivity contribution in [2.45, 2.75) is 19.9 Å². The fourth-order valence-electron chi connectivity index (χ4n) is 2.42. The normalized spacial score (nSPS) is 17.0. The average molecular weight is 370 g/mol. The standard InChI is InChI=1S/C14H14BrClN4O/c1-3-17-13-8-4-9(15)12(5-11(8)18-14(13)21)20-6-10(16)7(2)19-20/h4-6,13,17H,3H2,1-2H3,(H,18,21). The topological polar surface area (TPSA) is 59.0 Å². The first-order chi connectivity index (χ1) is 10.0. The number of benzene rings is 1. The highest BCUT2D eigenvalue weighted by atomic mass is 79.9. The van der Waals surface area contributed by atoms with Crippen LogP contribution >= 0.6 is 27.5 Å². The number of aromatic nitrogens is 2. The van der Waals surface area contributed by atoms with E-state index in [4.69, 9.17) is 11.6 Å². The molecule has 0 saturated heterocycles. The van der Waals surface area contributed by atoms with E-state index in [9.17, 15) is 4.79 Å². The van der Waals surface area contributed by atoms with Crippen molar-refractivity contribution in [1.82, 2.24) is 15.1 Å². The van der Waals surface area contributed by atoms with Crippen LogP contribution in [0.2, 0.25) is 5.02 Å². The maximum atomic E-state index is 12.0. The minimum Gasteiger partial charge on any atom is -0.324 e. The Hall–Kier alpha value is -1.37. The molecule has 1 aromatic carbocycles. The molecule has 110 valence electrons. The first kappa shape index (κ1) is 14.6. The maximum Gasteiger partial charge on any atom is 0.246 e. The molecule has 0 bridgehead atoms. The van der Waals surface area contributed by atoms with Crippen molar-refractivity contribution in [3.05, 3.63) is 39.1 Å². The molecule has 3 rings (SSSR count). The molecule has 7 heteroatoms. The zero-order valence-corrected chi connectivity index (χ0v) is 13.9. The summed E-state index contributed by atoms with van der Waals surface area (Å²) in [5, 5.41) is 11.0. The van der Waals surface area contributed by atoms with Crippen molar-refractivity contribution in [1.29, 1.82) is 0 Å². The second-order valence-electron chi connectivity index (χ2n) is 4.88. The Morgan fingerprint density at radius 3 is 2.90 bits per heavy atom. The number of aryl methyl sites for hydroxylation is 1. The molecule has 0 spiro atoms. The van der Waals surface area contributed by atoms with E-state index in [0.29, 0.717) is 5.02 Å². The van der Waals surface area contributed by atoms with Crippen LogP contribution in [0.3, 0.4) is 0 Å². The zero-order valence-electron chi connectivity index (χ0n) is 11.6. The van der Waals surface area contributed by atoms with E-state index in [-0.39, 0.29) is 11.9 Å². The minimum atomic E-state index is -0.307. The fraction of sp³-hybridized carbons (Fsp3) is 0.286. The molecule has 21 heavy (non-hydrogen) atoms. The lowest BCUT2D eigenvalue weighted by Crippen LogP contribution is -2.27. The molecule has 0 saturated carbocycles. The molecular formula is C14H14BrClN4O. The lowest BCUT2D eigenvalue weighted by Gasteiger charge is -2.11. The second-order valence-corrected chi connectivity index (χ2v) is 6.14. The Kier molecular flexibility index (Phi) is 3.77. The smallest absolute Gasteiger partial charge is 0.246 e. The Morgan fingerprint density at radius 1 is 1.52 bits per heavy atom. The molecule has 2 heterocycles. The third-order valence-electron chi connectivity index (χ3n) is 3.44. The van der Waals surface area contributed by atoms with Crippen LogP contribution in [0.25, 0.3) is 5.69 Å². The average Bonchev–Trinajstić information content (AvgIpc) is 2.91. The molecular weight excluding hydrogens is 356 g/mol. The lowest BCUT2D eigenvalue weighted by atomic mass is 10.1. The molecule has 1 aliphatic heterocycles. The summed E-state index contributed by atoms with van der Waals surface area (Å²) in [6.07, 6.45) is 1.75. The predicted molar refractivity (Wildman–Crippen MR) is 86.1 cm³/mol. The largest absolute Gasteiger partial charge is 0.324 e. The van der Waals surface area contributed by atoms with E-state index in [0.717, 1.165) is 33.6 Å². The number of carbonyl (C=O) groups excluding carboxylic acids is 1. The molecule has 2 N–H and O–H groups in total. The van der Waals surface area contributed by atoms with Gasteiger partial charge in [0.05, 0.1) is 16.4 Å². The van der Waals surface area contributed by atoms with Crippen molar-refractivity contribution in [2.75, 3.05) is 11.9 Å². The summed E-state index contributed by atoms with van der Waals surface area (Å²) >= 11 is 9.61. The molecule has 1 aliphatic rings. The third-order valence-corrected chi connectivity index (χ3v) is 4.45. The number of carbonyl (C=O) groups is 1. The number of nitrogens with zero attached hydrogens (tertiary/aromatic N) is 2. The van der Waals surface area contributed by atoms with Crippen molar-refractivity contribution in [3.63, 3.8) is 0 Å². The van der Waals surface area contributed by atoms with Crippen LogP contribution in [0.5, 0.6) is 0 Å². The van der Waals surface area contributed by atoms with Crippen molar-refractivity contribution < 1.29 is 4.79 Å². The van der Waals surface area contributed by atoms with Gasteiger partial charge in [-0.25, -0.2) is 4.68 Å². The Morgan fingerprint density at radius 2 is 2.29 bits per heavy atom. The van der Waals surface area contributed by atoms with E-state index in [1.54, 1.807) is 10.9 Å². The molecule has 2 aromatic rings. The molecule has 1 unspecified atom stereocenters. The first-order valence-electron chi connectivity index (χ1n) is 6.61. The Bertz CT molecular complexity index is 709. The van der Waals surface area contributed by atoms with Gasteiger partial charge in [-0.3, -0.25) is 4.79 Å². The molecule has 0 aliphatic carbocycles. The molecule has 0 fully saturated rings. The quantitative estimate of drug-likeness (QED) is 0.873. The Balaban J connectivity index is 2.07. The molecule has 0 radical (unpaired) electrons. The maximum absolute atomic E-state index is 12.0.